The Hall–Kier alpha value is -1.62. The molecule has 0 amide bonds. The number of carbonyl (C=O) groups excluding carboxylic acids is 1. The van der Waals surface area contributed by atoms with Gasteiger partial charge < -0.3 is 4.74 Å². The third-order valence-corrected chi connectivity index (χ3v) is 2.78. The van der Waals surface area contributed by atoms with Gasteiger partial charge in [0.2, 0.25) is 0 Å². The van der Waals surface area contributed by atoms with Crippen LogP contribution in [0.15, 0.2) is 24.3 Å². The molecule has 0 aliphatic carbocycles. The molecule has 0 saturated carbocycles. The summed E-state index contributed by atoms with van der Waals surface area (Å²) in [6.07, 6.45) is 1.10. The number of esters is 1. The van der Waals surface area contributed by atoms with Crippen LogP contribution in [0.4, 0.5) is 0 Å². The number of carbonyl (C=O) groups is 1. The largest absolute Gasteiger partial charge is 0.439 e. The van der Waals surface area contributed by atoms with Gasteiger partial charge in [-0.05, 0) is 12.1 Å². The monoisotopic (exact) mass is 267 g/mol. The van der Waals surface area contributed by atoms with Gasteiger partial charge in [0.1, 0.15) is 11.4 Å². The Balaban J connectivity index is 2.32. The van der Waals surface area contributed by atoms with Crippen LogP contribution in [0, 0.1) is 0 Å². The number of fused-ring (bicyclic) bond motifs is 1. The SMILES string of the molecule is CCCC(OC(=O)CCl)n1nnc2ccccc21. The fourth-order valence-electron chi connectivity index (χ4n) is 1.76. The first-order valence-electron chi connectivity index (χ1n) is 5.81. The lowest BCUT2D eigenvalue weighted by molar-refractivity contribution is -0.151. The zero-order chi connectivity index (χ0) is 13.0. The lowest BCUT2D eigenvalue weighted by Gasteiger charge is -2.17. The molecular weight excluding hydrogens is 254 g/mol. The normalized spacial score (nSPS) is 12.6. The molecule has 2 rings (SSSR count). The first kappa shape index (κ1) is 12.8. The first-order valence-corrected chi connectivity index (χ1v) is 6.35. The molecule has 0 fully saturated rings. The van der Waals surface area contributed by atoms with Gasteiger partial charge in [-0.3, -0.25) is 4.79 Å². The molecule has 1 aromatic heterocycles. The van der Waals surface area contributed by atoms with Crippen molar-refractivity contribution in [2.45, 2.75) is 26.0 Å². The van der Waals surface area contributed by atoms with Gasteiger partial charge in [-0.25, -0.2) is 4.68 Å². The van der Waals surface area contributed by atoms with Gasteiger partial charge in [-0.2, -0.15) is 0 Å². The van der Waals surface area contributed by atoms with E-state index in [9.17, 15) is 4.79 Å². The van der Waals surface area contributed by atoms with E-state index >= 15 is 0 Å². The average molecular weight is 268 g/mol. The lowest BCUT2D eigenvalue weighted by atomic mass is 10.3. The smallest absolute Gasteiger partial charge is 0.322 e. The van der Waals surface area contributed by atoms with E-state index < -0.39 is 12.2 Å². The van der Waals surface area contributed by atoms with Gasteiger partial charge >= 0.3 is 5.97 Å². The van der Waals surface area contributed by atoms with Gasteiger partial charge in [0, 0.05) is 6.42 Å². The first-order chi connectivity index (χ1) is 8.76. The minimum atomic E-state index is -0.450. The van der Waals surface area contributed by atoms with E-state index in [1.165, 1.54) is 0 Å². The zero-order valence-electron chi connectivity index (χ0n) is 10.0. The second-order valence-corrected chi connectivity index (χ2v) is 4.16. The number of para-hydroxylation sites is 1. The second kappa shape index (κ2) is 5.82. The van der Waals surface area contributed by atoms with E-state index in [-0.39, 0.29) is 5.88 Å². The van der Waals surface area contributed by atoms with Crippen LogP contribution in [-0.2, 0) is 9.53 Å². The fraction of sp³-hybridized carbons (Fsp3) is 0.417. The molecule has 0 saturated heterocycles. The third-order valence-electron chi connectivity index (χ3n) is 2.56. The molecule has 2 aromatic rings. The summed E-state index contributed by atoms with van der Waals surface area (Å²) in [5.74, 6) is -0.609. The highest BCUT2D eigenvalue weighted by molar-refractivity contribution is 6.26. The minimum Gasteiger partial charge on any atom is -0.439 e. The van der Waals surface area contributed by atoms with Crippen LogP contribution in [0.1, 0.15) is 26.0 Å². The zero-order valence-corrected chi connectivity index (χ0v) is 10.8. The minimum absolute atomic E-state index is 0.160. The van der Waals surface area contributed by atoms with Crippen molar-refractivity contribution in [2.75, 3.05) is 5.88 Å². The van der Waals surface area contributed by atoms with Crippen molar-refractivity contribution in [3.05, 3.63) is 24.3 Å². The Morgan fingerprint density at radius 2 is 2.28 bits per heavy atom. The number of ether oxygens (including phenoxy) is 1. The Morgan fingerprint density at radius 3 is 3.00 bits per heavy atom. The number of aromatic nitrogens is 3. The number of halogens is 1. The standard InChI is InChI=1S/C12H14ClN3O2/c1-2-5-11(18-12(17)8-13)16-10-7-4-3-6-9(10)14-15-16/h3-4,6-7,11H,2,5,8H2,1H3. The molecule has 0 aliphatic heterocycles. The maximum absolute atomic E-state index is 11.3. The molecule has 1 heterocycles. The van der Waals surface area contributed by atoms with Crippen molar-refractivity contribution < 1.29 is 9.53 Å². The Bertz CT molecular complexity index is 541. The highest BCUT2D eigenvalue weighted by Crippen LogP contribution is 2.20. The van der Waals surface area contributed by atoms with Gasteiger partial charge in [0.05, 0.1) is 5.52 Å². The summed E-state index contributed by atoms with van der Waals surface area (Å²) in [4.78, 5) is 11.3. The van der Waals surface area contributed by atoms with Crippen LogP contribution in [0.5, 0.6) is 0 Å². The highest BCUT2D eigenvalue weighted by atomic mass is 35.5. The van der Waals surface area contributed by atoms with E-state index in [0.29, 0.717) is 6.42 Å². The van der Waals surface area contributed by atoms with Crippen LogP contribution in [-0.4, -0.2) is 26.8 Å². The van der Waals surface area contributed by atoms with Crippen LogP contribution in [0.3, 0.4) is 0 Å². The molecule has 96 valence electrons. The average Bonchev–Trinajstić information content (AvgIpc) is 2.82. The molecule has 18 heavy (non-hydrogen) atoms. The maximum atomic E-state index is 11.3. The van der Waals surface area contributed by atoms with Crippen molar-refractivity contribution in [3.63, 3.8) is 0 Å². The summed E-state index contributed by atoms with van der Waals surface area (Å²) in [7, 11) is 0. The van der Waals surface area contributed by atoms with Gasteiger partial charge in [-0.1, -0.05) is 30.7 Å². The van der Waals surface area contributed by atoms with Crippen LogP contribution < -0.4 is 0 Å². The van der Waals surface area contributed by atoms with Crippen molar-refractivity contribution in [3.8, 4) is 0 Å². The number of rotatable bonds is 5. The predicted molar refractivity (Wildman–Crippen MR) is 68.3 cm³/mol. The number of nitrogens with zero attached hydrogens (tertiary/aromatic N) is 3. The quantitative estimate of drug-likeness (QED) is 0.617. The number of hydrogen-bond acceptors (Lipinski definition) is 4. The number of hydrogen-bond donors (Lipinski definition) is 0. The summed E-state index contributed by atoms with van der Waals surface area (Å²) in [5.41, 5.74) is 1.62. The number of alkyl halides is 1. The second-order valence-electron chi connectivity index (χ2n) is 3.89. The summed E-state index contributed by atoms with van der Waals surface area (Å²) < 4.78 is 6.91. The van der Waals surface area contributed by atoms with E-state index in [2.05, 4.69) is 10.3 Å². The lowest BCUT2D eigenvalue weighted by Crippen LogP contribution is -2.19. The molecule has 1 unspecified atom stereocenters. The number of benzene rings is 1. The molecule has 6 heteroatoms. The van der Waals surface area contributed by atoms with E-state index in [0.717, 1.165) is 17.5 Å². The van der Waals surface area contributed by atoms with E-state index in [1.807, 2.05) is 31.2 Å². The summed E-state index contributed by atoms with van der Waals surface area (Å²) in [6.45, 7) is 2.01. The van der Waals surface area contributed by atoms with Crippen molar-refractivity contribution in [1.29, 1.82) is 0 Å². The highest BCUT2D eigenvalue weighted by Gasteiger charge is 2.18. The summed E-state index contributed by atoms with van der Waals surface area (Å²) in [6, 6.07) is 7.55. The molecule has 5 nitrogen and oxygen atoms in total. The van der Waals surface area contributed by atoms with Crippen molar-refractivity contribution in [1.82, 2.24) is 15.0 Å². The van der Waals surface area contributed by atoms with E-state index in [4.69, 9.17) is 16.3 Å². The van der Waals surface area contributed by atoms with E-state index in [1.54, 1.807) is 4.68 Å². The van der Waals surface area contributed by atoms with Gasteiger partial charge in [-0.15, -0.1) is 16.7 Å². The molecule has 0 bridgehead atoms. The van der Waals surface area contributed by atoms with Crippen molar-refractivity contribution in [2.24, 2.45) is 0 Å². The molecule has 0 radical (unpaired) electrons. The molecule has 0 N–H and O–H groups in total. The summed E-state index contributed by atoms with van der Waals surface area (Å²) >= 11 is 5.46. The predicted octanol–water partition coefficient (Wildman–Crippen LogP) is 2.51. The van der Waals surface area contributed by atoms with Crippen LogP contribution in [0.2, 0.25) is 0 Å². The van der Waals surface area contributed by atoms with Crippen LogP contribution >= 0.6 is 11.6 Å². The third kappa shape index (κ3) is 2.61. The molecular formula is C12H14ClN3O2. The maximum Gasteiger partial charge on any atom is 0.322 e. The summed E-state index contributed by atoms with van der Waals surface area (Å²) in [5, 5.41) is 8.09. The Kier molecular flexibility index (Phi) is 4.15. The molecule has 0 spiro atoms. The molecule has 0 aliphatic rings. The fourth-order valence-corrected chi connectivity index (χ4v) is 1.82. The molecule has 1 atom stereocenters. The van der Waals surface area contributed by atoms with Crippen molar-refractivity contribution >= 4 is 28.6 Å². The Morgan fingerprint density at radius 1 is 1.50 bits per heavy atom. The molecule has 1 aromatic carbocycles. The topological polar surface area (TPSA) is 57.0 Å². The van der Waals surface area contributed by atoms with Crippen LogP contribution in [0.25, 0.3) is 11.0 Å². The Labute approximate surface area is 110 Å². The van der Waals surface area contributed by atoms with Gasteiger partial charge in [0.25, 0.3) is 0 Å². The van der Waals surface area contributed by atoms with Gasteiger partial charge in [0.15, 0.2) is 6.23 Å².